The maximum absolute atomic E-state index is 12.1. The summed E-state index contributed by atoms with van der Waals surface area (Å²) in [5.41, 5.74) is 0.477. The lowest BCUT2D eigenvalue weighted by Gasteiger charge is -2.07. The molecule has 1 aromatic heterocycles. The molecule has 0 unspecified atom stereocenters. The second kappa shape index (κ2) is 5.83. The number of carbonyl (C=O) groups excluding carboxylic acids is 1. The molecule has 0 atom stereocenters. The molecule has 0 aliphatic carbocycles. The number of anilines is 2. The highest BCUT2D eigenvalue weighted by Gasteiger charge is 2.16. The molecule has 0 aliphatic heterocycles. The molecule has 1 heterocycles. The van der Waals surface area contributed by atoms with Crippen LogP contribution in [0.4, 0.5) is 16.3 Å². The normalized spacial score (nSPS) is 11.0. The Labute approximate surface area is 121 Å². The van der Waals surface area contributed by atoms with Crippen LogP contribution in [0, 0.1) is 6.92 Å². The van der Waals surface area contributed by atoms with Crippen LogP contribution in [0.15, 0.2) is 39.8 Å². The maximum atomic E-state index is 12.1. The molecular formula is C12H14N4O4S. The average molecular weight is 310 g/mol. The molecule has 8 nitrogen and oxygen atoms in total. The van der Waals surface area contributed by atoms with Gasteiger partial charge in [-0.25, -0.2) is 13.2 Å². The van der Waals surface area contributed by atoms with E-state index in [4.69, 9.17) is 4.52 Å². The molecule has 0 radical (unpaired) electrons. The Morgan fingerprint density at radius 3 is 2.43 bits per heavy atom. The summed E-state index contributed by atoms with van der Waals surface area (Å²) in [6.07, 6.45) is 0. The fraction of sp³-hybridized carbons (Fsp3) is 0.167. The molecule has 0 fully saturated rings. The zero-order chi connectivity index (χ0) is 15.5. The lowest BCUT2D eigenvalue weighted by Crippen LogP contribution is -2.24. The van der Waals surface area contributed by atoms with Gasteiger partial charge in [-0.2, -0.15) is 0 Å². The number of nitrogens with zero attached hydrogens (tertiary/aromatic N) is 1. The highest BCUT2D eigenvalue weighted by atomic mass is 32.2. The summed E-state index contributed by atoms with van der Waals surface area (Å²) in [5, 5.41) is 8.49. The maximum Gasteiger partial charge on any atom is 0.318 e. The third-order valence-corrected chi connectivity index (χ3v) is 3.89. The smallest absolute Gasteiger partial charge is 0.318 e. The number of sulfonamides is 1. The number of hydrogen-bond acceptors (Lipinski definition) is 5. The Hall–Kier alpha value is -2.55. The Morgan fingerprint density at radius 2 is 1.90 bits per heavy atom. The van der Waals surface area contributed by atoms with Gasteiger partial charge in [0.15, 0.2) is 5.82 Å². The van der Waals surface area contributed by atoms with Gasteiger partial charge in [-0.05, 0) is 31.2 Å². The van der Waals surface area contributed by atoms with Crippen molar-refractivity contribution in [2.45, 2.75) is 11.8 Å². The quantitative estimate of drug-likeness (QED) is 0.792. The predicted molar refractivity (Wildman–Crippen MR) is 76.6 cm³/mol. The van der Waals surface area contributed by atoms with Crippen molar-refractivity contribution in [3.8, 4) is 0 Å². The van der Waals surface area contributed by atoms with Crippen LogP contribution in [0.5, 0.6) is 0 Å². The van der Waals surface area contributed by atoms with Crippen LogP contribution >= 0.6 is 0 Å². The first-order chi connectivity index (χ1) is 9.90. The van der Waals surface area contributed by atoms with Crippen LogP contribution in [0.3, 0.4) is 0 Å². The molecule has 2 rings (SSSR count). The van der Waals surface area contributed by atoms with Crippen molar-refractivity contribution in [1.29, 1.82) is 0 Å². The summed E-state index contributed by atoms with van der Waals surface area (Å²) in [7, 11) is -2.27. The molecule has 3 N–H and O–H groups in total. The van der Waals surface area contributed by atoms with E-state index in [0.29, 0.717) is 11.4 Å². The van der Waals surface area contributed by atoms with Gasteiger partial charge >= 0.3 is 6.03 Å². The number of hydrogen-bond donors (Lipinski definition) is 3. The molecule has 9 heteroatoms. The van der Waals surface area contributed by atoms with E-state index in [-0.39, 0.29) is 16.7 Å². The van der Waals surface area contributed by atoms with E-state index in [0.717, 1.165) is 0 Å². The summed E-state index contributed by atoms with van der Waals surface area (Å²) in [6, 6.07) is 6.80. The minimum absolute atomic E-state index is 0.0469. The van der Waals surface area contributed by atoms with Gasteiger partial charge in [0.1, 0.15) is 5.76 Å². The number of urea groups is 1. The molecule has 0 saturated heterocycles. The van der Waals surface area contributed by atoms with Gasteiger partial charge in [-0.1, -0.05) is 5.16 Å². The van der Waals surface area contributed by atoms with Gasteiger partial charge in [0.2, 0.25) is 0 Å². The summed E-state index contributed by atoms with van der Waals surface area (Å²) in [4.78, 5) is 11.2. The van der Waals surface area contributed by atoms with Crippen molar-refractivity contribution in [2.75, 3.05) is 17.1 Å². The molecule has 21 heavy (non-hydrogen) atoms. The fourth-order valence-electron chi connectivity index (χ4n) is 1.52. The van der Waals surface area contributed by atoms with Gasteiger partial charge in [0, 0.05) is 18.8 Å². The van der Waals surface area contributed by atoms with E-state index in [1.807, 2.05) is 0 Å². The van der Waals surface area contributed by atoms with Crippen molar-refractivity contribution in [1.82, 2.24) is 10.5 Å². The first kappa shape index (κ1) is 14.9. The predicted octanol–water partition coefficient (Wildman–Crippen LogP) is 1.54. The van der Waals surface area contributed by atoms with Crippen molar-refractivity contribution in [3.05, 3.63) is 36.1 Å². The van der Waals surface area contributed by atoms with Gasteiger partial charge < -0.3 is 15.2 Å². The van der Waals surface area contributed by atoms with E-state index < -0.39 is 10.0 Å². The lowest BCUT2D eigenvalue weighted by atomic mass is 10.3. The average Bonchev–Trinajstić information content (AvgIpc) is 2.83. The number of carbonyl (C=O) groups is 1. The van der Waals surface area contributed by atoms with Crippen molar-refractivity contribution >= 4 is 27.6 Å². The summed E-state index contributed by atoms with van der Waals surface area (Å²) in [5.74, 6) is 0.609. The zero-order valence-corrected chi connectivity index (χ0v) is 12.2. The summed E-state index contributed by atoms with van der Waals surface area (Å²) in [6.45, 7) is 1.66. The van der Waals surface area contributed by atoms with E-state index in [1.165, 1.54) is 37.4 Å². The Bertz CT molecular complexity index is 737. The van der Waals surface area contributed by atoms with Crippen molar-refractivity contribution in [2.24, 2.45) is 0 Å². The Kier molecular flexibility index (Phi) is 4.13. The Balaban J connectivity index is 2.15. The molecule has 0 spiro atoms. The number of aromatic nitrogens is 1. The topological polar surface area (TPSA) is 113 Å². The second-order valence-corrected chi connectivity index (χ2v) is 5.84. The molecule has 0 bridgehead atoms. The Morgan fingerprint density at radius 1 is 1.24 bits per heavy atom. The van der Waals surface area contributed by atoms with Crippen LogP contribution in [0.25, 0.3) is 0 Å². The number of benzene rings is 1. The highest BCUT2D eigenvalue weighted by Crippen LogP contribution is 2.18. The van der Waals surface area contributed by atoms with Gasteiger partial charge in [-0.15, -0.1) is 0 Å². The first-order valence-corrected chi connectivity index (χ1v) is 7.44. The number of rotatable bonds is 4. The molecular weight excluding hydrogens is 296 g/mol. The van der Waals surface area contributed by atoms with Crippen LogP contribution in [-0.2, 0) is 10.0 Å². The third-order valence-electron chi connectivity index (χ3n) is 2.52. The lowest BCUT2D eigenvalue weighted by molar-refractivity contribution is 0.254. The van der Waals surface area contributed by atoms with Gasteiger partial charge in [0.25, 0.3) is 10.0 Å². The van der Waals surface area contributed by atoms with Crippen LogP contribution in [-0.4, -0.2) is 26.7 Å². The molecule has 1 aromatic carbocycles. The molecule has 0 saturated carbocycles. The van der Waals surface area contributed by atoms with Crippen molar-refractivity contribution < 1.29 is 17.7 Å². The largest absolute Gasteiger partial charge is 0.360 e. The first-order valence-electron chi connectivity index (χ1n) is 5.95. The molecule has 112 valence electrons. The van der Waals surface area contributed by atoms with Crippen LogP contribution < -0.4 is 15.4 Å². The number of nitrogens with one attached hydrogen (secondary N) is 3. The van der Waals surface area contributed by atoms with Gasteiger partial charge in [-0.3, -0.25) is 4.72 Å². The molecule has 0 aliphatic rings. The van der Waals surface area contributed by atoms with Crippen LogP contribution in [0.1, 0.15) is 5.76 Å². The number of aryl methyl sites for hydroxylation is 1. The SMILES string of the molecule is CNC(=O)Nc1ccc(S(=O)(=O)Nc2cc(C)on2)cc1. The van der Waals surface area contributed by atoms with Crippen molar-refractivity contribution in [3.63, 3.8) is 0 Å². The summed E-state index contributed by atoms with van der Waals surface area (Å²) < 4.78 is 31.3. The minimum Gasteiger partial charge on any atom is -0.360 e. The van der Waals surface area contributed by atoms with E-state index in [9.17, 15) is 13.2 Å². The monoisotopic (exact) mass is 310 g/mol. The fourth-order valence-corrected chi connectivity index (χ4v) is 2.51. The van der Waals surface area contributed by atoms with E-state index in [1.54, 1.807) is 6.92 Å². The van der Waals surface area contributed by atoms with Crippen LogP contribution in [0.2, 0.25) is 0 Å². The standard InChI is InChI=1S/C12H14N4O4S/c1-8-7-11(15-20-8)16-21(18,19)10-5-3-9(4-6-10)14-12(17)13-2/h3-7H,1-2H3,(H,15,16)(H2,13,14,17). The van der Waals surface area contributed by atoms with Gasteiger partial charge in [0.05, 0.1) is 4.90 Å². The number of amides is 2. The third kappa shape index (κ3) is 3.72. The zero-order valence-electron chi connectivity index (χ0n) is 11.4. The van der Waals surface area contributed by atoms with E-state index in [2.05, 4.69) is 20.5 Å². The highest BCUT2D eigenvalue weighted by molar-refractivity contribution is 7.92. The molecule has 2 amide bonds. The molecule has 2 aromatic rings. The van der Waals surface area contributed by atoms with E-state index >= 15 is 0 Å². The summed E-state index contributed by atoms with van der Waals surface area (Å²) >= 11 is 0. The minimum atomic E-state index is -3.75. The second-order valence-electron chi connectivity index (χ2n) is 4.16.